The van der Waals surface area contributed by atoms with Gasteiger partial charge in [-0.1, -0.05) is 0 Å². The highest BCUT2D eigenvalue weighted by molar-refractivity contribution is 7.91. The molecule has 1 aliphatic heterocycles. The Morgan fingerprint density at radius 3 is 2.10 bits per heavy atom. The van der Waals surface area contributed by atoms with Gasteiger partial charge in [-0.2, -0.15) is 0 Å². The molecule has 1 N–H and O–H groups in total. The van der Waals surface area contributed by atoms with Crippen LogP contribution in [-0.2, 0) is 25.8 Å². The van der Waals surface area contributed by atoms with E-state index in [1.165, 1.54) is 26.2 Å². The van der Waals surface area contributed by atoms with Crippen LogP contribution in [0.3, 0.4) is 0 Å². The maximum atomic E-state index is 12.4. The predicted octanol–water partition coefficient (Wildman–Crippen LogP) is 0.407. The minimum Gasteiger partial charge on any atom is -0.493 e. The van der Waals surface area contributed by atoms with Gasteiger partial charge in [0.05, 0.1) is 32.8 Å². The van der Waals surface area contributed by atoms with Gasteiger partial charge in [0, 0.05) is 19.5 Å². The second-order valence-corrected chi connectivity index (χ2v) is 9.10. The van der Waals surface area contributed by atoms with E-state index in [4.69, 9.17) is 14.2 Å². The summed E-state index contributed by atoms with van der Waals surface area (Å²) in [5, 5.41) is 2.68. The third-order valence-corrected chi connectivity index (χ3v) is 6.38. The number of methoxy groups -OCH3 is 3. The molecule has 9 nitrogen and oxygen atoms in total. The molecule has 0 radical (unpaired) electrons. The van der Waals surface area contributed by atoms with Gasteiger partial charge in [-0.05, 0) is 31.0 Å². The fourth-order valence-electron chi connectivity index (χ4n) is 3.12. The third kappa shape index (κ3) is 5.99. The van der Waals surface area contributed by atoms with E-state index in [0.717, 1.165) is 5.56 Å². The summed E-state index contributed by atoms with van der Waals surface area (Å²) in [4.78, 5) is 26.2. The minimum absolute atomic E-state index is 0.0411. The van der Waals surface area contributed by atoms with Gasteiger partial charge in [-0.15, -0.1) is 0 Å². The molecule has 1 unspecified atom stereocenters. The second-order valence-electron chi connectivity index (χ2n) is 6.80. The van der Waals surface area contributed by atoms with E-state index in [0.29, 0.717) is 23.7 Å². The van der Waals surface area contributed by atoms with Crippen LogP contribution in [0.5, 0.6) is 17.2 Å². The molecule has 1 aromatic carbocycles. The lowest BCUT2D eigenvalue weighted by Crippen LogP contribution is -2.51. The van der Waals surface area contributed by atoms with Crippen LogP contribution in [0.15, 0.2) is 12.1 Å². The van der Waals surface area contributed by atoms with Gasteiger partial charge in [0.25, 0.3) is 0 Å². The summed E-state index contributed by atoms with van der Waals surface area (Å²) in [6.07, 6.45) is 0.593. The average molecular weight is 429 g/mol. The van der Waals surface area contributed by atoms with E-state index in [1.54, 1.807) is 19.1 Å². The van der Waals surface area contributed by atoms with Crippen LogP contribution in [0.2, 0.25) is 0 Å². The first-order chi connectivity index (χ1) is 13.7. The second kappa shape index (κ2) is 9.82. The minimum atomic E-state index is -3.06. The summed E-state index contributed by atoms with van der Waals surface area (Å²) in [6.45, 7) is 1.92. The highest BCUT2D eigenvalue weighted by Gasteiger charge is 2.28. The first-order valence-corrected chi connectivity index (χ1v) is 11.1. The molecule has 1 aromatic rings. The number of carbonyl (C=O) groups is 2. The van der Waals surface area contributed by atoms with Gasteiger partial charge >= 0.3 is 0 Å². The number of nitrogens with one attached hydrogen (secondary N) is 1. The van der Waals surface area contributed by atoms with Gasteiger partial charge in [0.15, 0.2) is 21.3 Å². The quantitative estimate of drug-likeness (QED) is 0.638. The van der Waals surface area contributed by atoms with Crippen molar-refractivity contribution in [2.75, 3.05) is 45.9 Å². The van der Waals surface area contributed by atoms with Crippen LogP contribution in [0.4, 0.5) is 0 Å². The normalized spacial score (nSPS) is 16.6. The third-order valence-electron chi connectivity index (χ3n) is 4.77. The number of hydrogen-bond donors (Lipinski definition) is 1. The maximum Gasteiger partial charge on any atom is 0.244 e. The van der Waals surface area contributed by atoms with Crippen LogP contribution < -0.4 is 19.5 Å². The lowest BCUT2D eigenvalue weighted by atomic mass is 10.1. The number of carbonyl (C=O) groups excluding carboxylic acids is 2. The van der Waals surface area contributed by atoms with Crippen LogP contribution in [0.1, 0.15) is 18.9 Å². The zero-order valence-corrected chi connectivity index (χ0v) is 18.0. The van der Waals surface area contributed by atoms with Crippen molar-refractivity contribution in [3.8, 4) is 17.2 Å². The number of aryl methyl sites for hydroxylation is 1. The Morgan fingerprint density at radius 1 is 1.07 bits per heavy atom. The number of ether oxygens (including phenoxy) is 3. The highest BCUT2D eigenvalue weighted by atomic mass is 32.2. The zero-order chi connectivity index (χ0) is 21.6. The van der Waals surface area contributed by atoms with Gasteiger partial charge in [-0.3, -0.25) is 9.59 Å². The van der Waals surface area contributed by atoms with E-state index in [-0.39, 0.29) is 42.8 Å². The van der Waals surface area contributed by atoms with Crippen molar-refractivity contribution in [2.24, 2.45) is 0 Å². The molecule has 10 heteroatoms. The van der Waals surface area contributed by atoms with Gasteiger partial charge < -0.3 is 24.4 Å². The van der Waals surface area contributed by atoms with E-state index in [9.17, 15) is 18.0 Å². The highest BCUT2D eigenvalue weighted by Crippen LogP contribution is 2.38. The van der Waals surface area contributed by atoms with E-state index in [2.05, 4.69) is 5.32 Å². The number of hydrogen-bond acceptors (Lipinski definition) is 7. The topological polar surface area (TPSA) is 111 Å². The molecule has 1 saturated heterocycles. The Bertz CT molecular complexity index is 815. The smallest absolute Gasteiger partial charge is 0.244 e. The summed E-state index contributed by atoms with van der Waals surface area (Å²) >= 11 is 0. The van der Waals surface area contributed by atoms with Gasteiger partial charge in [0.2, 0.25) is 17.6 Å². The molecular formula is C19H28N2O7S. The molecule has 0 spiro atoms. The number of rotatable bonds is 8. The summed E-state index contributed by atoms with van der Waals surface area (Å²) in [5.74, 6) is 0.856. The van der Waals surface area contributed by atoms with E-state index >= 15 is 0 Å². The van der Waals surface area contributed by atoms with Crippen molar-refractivity contribution in [3.05, 3.63) is 17.7 Å². The maximum absolute atomic E-state index is 12.4. The fraction of sp³-hybridized carbons (Fsp3) is 0.579. The molecule has 1 heterocycles. The van der Waals surface area contributed by atoms with Gasteiger partial charge in [-0.25, -0.2) is 8.42 Å². The predicted molar refractivity (Wildman–Crippen MR) is 107 cm³/mol. The Hall–Kier alpha value is -2.49. The zero-order valence-electron chi connectivity index (χ0n) is 17.2. The van der Waals surface area contributed by atoms with Crippen LogP contribution in [0, 0.1) is 0 Å². The molecule has 1 aliphatic rings. The number of benzene rings is 1. The first-order valence-electron chi connectivity index (χ1n) is 9.28. The summed E-state index contributed by atoms with van der Waals surface area (Å²) in [7, 11) is 1.49. The van der Waals surface area contributed by atoms with Crippen molar-refractivity contribution in [1.82, 2.24) is 10.2 Å². The summed E-state index contributed by atoms with van der Waals surface area (Å²) in [5.41, 5.74) is 0.829. The largest absolute Gasteiger partial charge is 0.493 e. The van der Waals surface area contributed by atoms with Crippen molar-refractivity contribution in [3.63, 3.8) is 0 Å². The summed E-state index contributed by atoms with van der Waals surface area (Å²) < 4.78 is 38.9. The molecule has 1 fully saturated rings. The molecule has 0 aromatic heterocycles. The van der Waals surface area contributed by atoms with Crippen molar-refractivity contribution in [1.29, 1.82) is 0 Å². The van der Waals surface area contributed by atoms with Crippen LogP contribution >= 0.6 is 0 Å². The Balaban J connectivity index is 1.91. The van der Waals surface area contributed by atoms with Crippen molar-refractivity contribution in [2.45, 2.75) is 25.8 Å². The number of nitrogens with zero attached hydrogens (tertiary/aromatic N) is 1. The molecule has 0 saturated carbocycles. The fourth-order valence-corrected chi connectivity index (χ4v) is 4.32. The van der Waals surface area contributed by atoms with Crippen LogP contribution in [-0.4, -0.2) is 77.1 Å². The lowest BCUT2D eigenvalue weighted by Gasteiger charge is -2.29. The molecular weight excluding hydrogens is 400 g/mol. The Kier molecular flexibility index (Phi) is 7.72. The van der Waals surface area contributed by atoms with Gasteiger partial charge in [0.1, 0.15) is 6.04 Å². The summed E-state index contributed by atoms with van der Waals surface area (Å²) in [6, 6.07) is 2.83. The molecule has 29 heavy (non-hydrogen) atoms. The monoisotopic (exact) mass is 428 g/mol. The molecule has 162 valence electrons. The number of sulfone groups is 1. The first kappa shape index (κ1) is 22.8. The molecule has 0 aliphatic carbocycles. The van der Waals surface area contributed by atoms with Crippen molar-refractivity contribution < 1.29 is 32.2 Å². The molecule has 2 amide bonds. The number of amides is 2. The molecule has 0 bridgehead atoms. The Labute approximate surface area is 171 Å². The molecule has 2 rings (SSSR count). The standard InChI is InChI=1S/C19H28N2O7S/c1-13(19(23)21-7-9-29(24,25)10-8-21)20-17(22)6-5-14-11-15(26-2)18(28-4)16(12-14)27-3/h11-13H,5-10H2,1-4H3,(H,20,22). The van der Waals surface area contributed by atoms with E-state index in [1.807, 2.05) is 0 Å². The molecule has 1 atom stereocenters. The average Bonchev–Trinajstić information content (AvgIpc) is 2.70. The van der Waals surface area contributed by atoms with E-state index < -0.39 is 15.9 Å². The Morgan fingerprint density at radius 2 is 1.62 bits per heavy atom. The van der Waals surface area contributed by atoms with Crippen LogP contribution in [0.25, 0.3) is 0 Å². The van der Waals surface area contributed by atoms with Crippen molar-refractivity contribution >= 4 is 21.7 Å². The lowest BCUT2D eigenvalue weighted by molar-refractivity contribution is -0.135. The SMILES string of the molecule is COc1cc(CCC(=O)NC(C)C(=O)N2CCS(=O)(=O)CC2)cc(OC)c1OC.